The van der Waals surface area contributed by atoms with E-state index >= 15 is 0 Å². The average molecular weight is 225 g/mol. The van der Waals surface area contributed by atoms with Gasteiger partial charge in [-0.2, -0.15) is 0 Å². The van der Waals surface area contributed by atoms with E-state index in [9.17, 15) is 0 Å². The molecule has 0 saturated carbocycles. The zero-order valence-electron chi connectivity index (χ0n) is 10.9. The van der Waals surface area contributed by atoms with Crippen molar-refractivity contribution in [2.45, 2.75) is 45.2 Å². The third-order valence-electron chi connectivity index (χ3n) is 4.23. The molecule has 0 aromatic carbocycles. The number of rotatable bonds is 5. The minimum atomic E-state index is 0.782. The molecule has 2 aliphatic rings. The summed E-state index contributed by atoms with van der Waals surface area (Å²) in [6, 6.07) is 1.60. The minimum Gasteiger partial charge on any atom is -0.310 e. The second kappa shape index (κ2) is 5.99. The fourth-order valence-electron chi connectivity index (χ4n) is 3.04. The molecule has 2 saturated heterocycles. The Morgan fingerprint density at radius 1 is 1.12 bits per heavy atom. The van der Waals surface area contributed by atoms with E-state index in [0.29, 0.717) is 0 Å². The quantitative estimate of drug-likeness (QED) is 0.757. The van der Waals surface area contributed by atoms with Crippen LogP contribution >= 0.6 is 0 Å². The van der Waals surface area contributed by atoms with Crippen LogP contribution in [0.2, 0.25) is 0 Å². The van der Waals surface area contributed by atoms with Gasteiger partial charge in [0.05, 0.1) is 0 Å². The Bertz CT molecular complexity index is 203. The molecule has 2 atom stereocenters. The van der Waals surface area contributed by atoms with E-state index in [-0.39, 0.29) is 0 Å². The lowest BCUT2D eigenvalue weighted by Crippen LogP contribution is -2.40. The number of hydrogen-bond donors (Lipinski definition) is 1. The summed E-state index contributed by atoms with van der Waals surface area (Å²) in [6.45, 7) is 12.0. The summed E-state index contributed by atoms with van der Waals surface area (Å²) in [4.78, 5) is 5.19. The number of hydrogen-bond acceptors (Lipinski definition) is 3. The molecule has 0 amide bonds. The van der Waals surface area contributed by atoms with Gasteiger partial charge in [0.25, 0.3) is 0 Å². The molecule has 3 heteroatoms. The standard InChI is InChI=1S/C13H27N3/c1-3-15(4-2)9-10-16-8-7-12-5-6-13(11-16)14-12/h12-14H,3-11H2,1-2H3. The summed E-state index contributed by atoms with van der Waals surface area (Å²) in [7, 11) is 0. The van der Waals surface area contributed by atoms with Gasteiger partial charge in [-0.25, -0.2) is 0 Å². The highest BCUT2D eigenvalue weighted by Gasteiger charge is 2.28. The molecule has 0 aromatic heterocycles. The molecule has 0 spiro atoms. The summed E-state index contributed by atoms with van der Waals surface area (Å²) in [5, 5.41) is 3.74. The van der Waals surface area contributed by atoms with E-state index in [4.69, 9.17) is 0 Å². The van der Waals surface area contributed by atoms with Crippen molar-refractivity contribution in [3.8, 4) is 0 Å². The molecular formula is C13H27N3. The predicted octanol–water partition coefficient (Wildman–Crippen LogP) is 1.15. The fraction of sp³-hybridized carbons (Fsp3) is 1.00. The van der Waals surface area contributed by atoms with Crippen LogP contribution in [0.4, 0.5) is 0 Å². The van der Waals surface area contributed by atoms with Crippen LogP contribution in [0.3, 0.4) is 0 Å². The second-order valence-electron chi connectivity index (χ2n) is 5.25. The smallest absolute Gasteiger partial charge is 0.0198 e. The van der Waals surface area contributed by atoms with Crippen LogP contribution in [-0.2, 0) is 0 Å². The molecule has 2 aliphatic heterocycles. The van der Waals surface area contributed by atoms with Gasteiger partial charge in [-0.15, -0.1) is 0 Å². The van der Waals surface area contributed by atoms with Crippen molar-refractivity contribution < 1.29 is 0 Å². The molecule has 94 valence electrons. The number of likely N-dealkylation sites (N-methyl/N-ethyl adjacent to an activating group) is 1. The Morgan fingerprint density at radius 2 is 1.88 bits per heavy atom. The summed E-state index contributed by atoms with van der Waals surface area (Å²) in [5.74, 6) is 0. The van der Waals surface area contributed by atoms with Gasteiger partial charge < -0.3 is 15.1 Å². The highest BCUT2D eigenvalue weighted by atomic mass is 15.2. The number of nitrogens with zero attached hydrogens (tertiary/aromatic N) is 2. The Labute approximate surface area is 100 Å². The molecule has 1 N–H and O–H groups in total. The highest BCUT2D eigenvalue weighted by molar-refractivity contribution is 4.89. The molecule has 2 bridgehead atoms. The van der Waals surface area contributed by atoms with Crippen LogP contribution in [0, 0.1) is 0 Å². The largest absolute Gasteiger partial charge is 0.310 e. The van der Waals surface area contributed by atoms with Gasteiger partial charge in [-0.1, -0.05) is 13.8 Å². The van der Waals surface area contributed by atoms with Gasteiger partial charge in [-0.3, -0.25) is 0 Å². The number of nitrogens with one attached hydrogen (secondary N) is 1. The van der Waals surface area contributed by atoms with E-state index < -0.39 is 0 Å². The van der Waals surface area contributed by atoms with Crippen LogP contribution in [-0.4, -0.2) is 61.2 Å². The zero-order valence-corrected chi connectivity index (χ0v) is 10.9. The molecule has 0 radical (unpaired) electrons. The molecule has 2 unspecified atom stereocenters. The van der Waals surface area contributed by atoms with Crippen molar-refractivity contribution in [1.82, 2.24) is 15.1 Å². The van der Waals surface area contributed by atoms with Crippen LogP contribution < -0.4 is 5.32 Å². The van der Waals surface area contributed by atoms with Crippen molar-refractivity contribution in [2.24, 2.45) is 0 Å². The molecule has 16 heavy (non-hydrogen) atoms. The van der Waals surface area contributed by atoms with E-state index in [0.717, 1.165) is 12.1 Å². The van der Waals surface area contributed by atoms with Crippen LogP contribution in [0.25, 0.3) is 0 Å². The SMILES string of the molecule is CCN(CC)CCN1CCC2CCC(C1)N2. The highest BCUT2D eigenvalue weighted by Crippen LogP contribution is 2.20. The third-order valence-corrected chi connectivity index (χ3v) is 4.23. The van der Waals surface area contributed by atoms with Gasteiger partial charge in [-0.05, 0) is 38.9 Å². The van der Waals surface area contributed by atoms with Gasteiger partial charge in [0.2, 0.25) is 0 Å². The maximum Gasteiger partial charge on any atom is 0.0198 e. The van der Waals surface area contributed by atoms with E-state index in [1.54, 1.807) is 0 Å². The molecule has 3 nitrogen and oxygen atoms in total. The topological polar surface area (TPSA) is 18.5 Å². The molecule has 2 heterocycles. The van der Waals surface area contributed by atoms with E-state index in [1.165, 1.54) is 58.5 Å². The van der Waals surface area contributed by atoms with Crippen molar-refractivity contribution in [3.05, 3.63) is 0 Å². The van der Waals surface area contributed by atoms with Crippen LogP contribution in [0.5, 0.6) is 0 Å². The first kappa shape index (κ1) is 12.3. The average Bonchev–Trinajstić information content (AvgIpc) is 2.62. The Kier molecular flexibility index (Phi) is 4.62. The maximum absolute atomic E-state index is 3.74. The van der Waals surface area contributed by atoms with Crippen molar-refractivity contribution >= 4 is 0 Å². The van der Waals surface area contributed by atoms with Crippen molar-refractivity contribution in [2.75, 3.05) is 39.3 Å². The molecule has 0 aromatic rings. The number of fused-ring (bicyclic) bond motifs is 2. The summed E-state index contributed by atoms with van der Waals surface area (Å²) in [5.41, 5.74) is 0. The first-order chi connectivity index (χ1) is 7.81. The second-order valence-corrected chi connectivity index (χ2v) is 5.25. The zero-order chi connectivity index (χ0) is 11.4. The predicted molar refractivity (Wildman–Crippen MR) is 68.8 cm³/mol. The molecule has 2 fully saturated rings. The van der Waals surface area contributed by atoms with Gasteiger partial charge in [0, 0.05) is 31.7 Å². The fourth-order valence-corrected chi connectivity index (χ4v) is 3.04. The Morgan fingerprint density at radius 3 is 2.62 bits per heavy atom. The minimum absolute atomic E-state index is 0.782. The van der Waals surface area contributed by atoms with Crippen LogP contribution in [0.15, 0.2) is 0 Å². The van der Waals surface area contributed by atoms with E-state index in [2.05, 4.69) is 29.0 Å². The lowest BCUT2D eigenvalue weighted by molar-refractivity contribution is 0.207. The Balaban J connectivity index is 1.73. The maximum atomic E-state index is 3.74. The van der Waals surface area contributed by atoms with Gasteiger partial charge >= 0.3 is 0 Å². The number of likely N-dealkylation sites (tertiary alicyclic amines) is 1. The van der Waals surface area contributed by atoms with Crippen molar-refractivity contribution in [1.29, 1.82) is 0 Å². The third kappa shape index (κ3) is 3.19. The van der Waals surface area contributed by atoms with Gasteiger partial charge in [0.1, 0.15) is 0 Å². The Hall–Kier alpha value is -0.120. The molecule has 2 rings (SSSR count). The summed E-state index contributed by atoms with van der Waals surface area (Å²) in [6.07, 6.45) is 4.16. The van der Waals surface area contributed by atoms with Crippen LogP contribution in [0.1, 0.15) is 33.1 Å². The molecule has 0 aliphatic carbocycles. The lowest BCUT2D eigenvalue weighted by Gasteiger charge is -2.27. The van der Waals surface area contributed by atoms with Crippen molar-refractivity contribution in [3.63, 3.8) is 0 Å². The lowest BCUT2D eigenvalue weighted by atomic mass is 10.1. The van der Waals surface area contributed by atoms with E-state index in [1.807, 2.05) is 0 Å². The summed E-state index contributed by atoms with van der Waals surface area (Å²) >= 11 is 0. The van der Waals surface area contributed by atoms with Gasteiger partial charge in [0.15, 0.2) is 0 Å². The first-order valence-electron chi connectivity index (χ1n) is 7.02. The first-order valence-corrected chi connectivity index (χ1v) is 7.02. The monoisotopic (exact) mass is 225 g/mol. The summed E-state index contributed by atoms with van der Waals surface area (Å²) < 4.78 is 0. The normalized spacial score (nSPS) is 30.9. The molecular weight excluding hydrogens is 198 g/mol.